The highest BCUT2D eigenvalue weighted by Crippen LogP contribution is 2.30. The highest BCUT2D eigenvalue weighted by atomic mass is 35.5. The number of non-ortho nitro benzene ring substituents is 1. The summed E-state index contributed by atoms with van der Waals surface area (Å²) in [5.41, 5.74) is 7.55. The number of rotatable bonds is 3. The molecule has 0 fully saturated rings. The van der Waals surface area contributed by atoms with Crippen molar-refractivity contribution in [2.75, 3.05) is 0 Å². The zero-order valence-electron chi connectivity index (χ0n) is 11.2. The average molecular weight is 317 g/mol. The van der Waals surface area contributed by atoms with E-state index in [9.17, 15) is 15.2 Å². The molecule has 0 spiro atoms. The third-order valence-corrected chi connectivity index (χ3v) is 3.64. The van der Waals surface area contributed by atoms with E-state index in [4.69, 9.17) is 11.6 Å². The number of nitrogens with one attached hydrogen (secondary N) is 2. The molecule has 0 saturated heterocycles. The van der Waals surface area contributed by atoms with Gasteiger partial charge in [0.2, 0.25) is 0 Å². The lowest BCUT2D eigenvalue weighted by Crippen LogP contribution is -2.26. The van der Waals surface area contributed by atoms with Gasteiger partial charge in [-0.3, -0.25) is 10.1 Å². The Kier molecular flexibility index (Phi) is 3.70. The predicted octanol–water partition coefficient (Wildman–Crippen LogP) is 2.51. The topological polar surface area (TPSA) is 90.3 Å². The van der Waals surface area contributed by atoms with E-state index in [2.05, 4.69) is 10.9 Å². The van der Waals surface area contributed by atoms with Crippen molar-refractivity contribution in [3.8, 4) is 5.75 Å². The second kappa shape index (κ2) is 5.67. The van der Waals surface area contributed by atoms with Crippen LogP contribution < -0.4 is 16.0 Å². The summed E-state index contributed by atoms with van der Waals surface area (Å²) < 4.78 is 0. The fourth-order valence-corrected chi connectivity index (χ4v) is 2.38. The van der Waals surface area contributed by atoms with Gasteiger partial charge in [-0.1, -0.05) is 35.5 Å². The van der Waals surface area contributed by atoms with Crippen LogP contribution in [0.4, 0.5) is 5.69 Å². The fourth-order valence-electron chi connectivity index (χ4n) is 2.25. The Bertz CT molecular complexity index is 759. The molecule has 1 aliphatic rings. The normalized spacial score (nSPS) is 17.0. The maximum Gasteiger partial charge on any atom is 0.270 e. The molecule has 0 bridgehead atoms. The number of hydrogen-bond donors (Lipinski definition) is 2. The van der Waals surface area contributed by atoms with Crippen LogP contribution in [0, 0.1) is 10.1 Å². The Morgan fingerprint density at radius 3 is 2.55 bits per heavy atom. The highest BCUT2D eigenvalue weighted by molar-refractivity contribution is 6.30. The van der Waals surface area contributed by atoms with Crippen molar-refractivity contribution < 1.29 is 10.0 Å². The molecule has 6 nitrogen and oxygen atoms in total. The van der Waals surface area contributed by atoms with Gasteiger partial charge in [-0.2, -0.15) is 0 Å². The summed E-state index contributed by atoms with van der Waals surface area (Å²) in [7, 11) is 0. The summed E-state index contributed by atoms with van der Waals surface area (Å²) in [5.74, 6) is -0.275. The van der Waals surface area contributed by atoms with E-state index in [-0.39, 0.29) is 23.0 Å². The molecule has 0 aliphatic carbocycles. The van der Waals surface area contributed by atoms with Gasteiger partial charge in [0.1, 0.15) is 0 Å². The fraction of sp³-hybridized carbons (Fsp3) is 0.0667. The average Bonchev–Trinajstić information content (AvgIpc) is 2.98. The van der Waals surface area contributed by atoms with Crippen molar-refractivity contribution in [3.63, 3.8) is 0 Å². The van der Waals surface area contributed by atoms with Crippen molar-refractivity contribution in [1.82, 2.24) is 10.9 Å². The van der Waals surface area contributed by atoms with Crippen molar-refractivity contribution in [2.24, 2.45) is 0 Å². The van der Waals surface area contributed by atoms with Crippen molar-refractivity contribution in [1.29, 1.82) is 0 Å². The van der Waals surface area contributed by atoms with Gasteiger partial charge in [0.25, 0.3) is 5.69 Å². The van der Waals surface area contributed by atoms with Crippen LogP contribution in [0.25, 0.3) is 5.70 Å². The molecule has 0 aromatic heterocycles. The molecule has 0 radical (unpaired) electrons. The van der Waals surface area contributed by atoms with Crippen LogP contribution in [0.3, 0.4) is 0 Å². The molecule has 1 heterocycles. The molecule has 112 valence electrons. The Labute approximate surface area is 131 Å². The van der Waals surface area contributed by atoms with Crippen molar-refractivity contribution >= 4 is 23.0 Å². The van der Waals surface area contributed by atoms with Crippen LogP contribution in [0.2, 0.25) is 5.02 Å². The lowest BCUT2D eigenvalue weighted by molar-refractivity contribution is -0.385. The first-order valence-electron chi connectivity index (χ1n) is 6.49. The second-order valence-corrected chi connectivity index (χ2v) is 5.25. The van der Waals surface area contributed by atoms with Gasteiger partial charge in [-0.05, 0) is 29.3 Å². The number of benzene rings is 2. The van der Waals surface area contributed by atoms with Crippen molar-refractivity contribution in [2.45, 2.75) is 6.04 Å². The highest BCUT2D eigenvalue weighted by Gasteiger charge is 2.19. The van der Waals surface area contributed by atoms with E-state index in [1.54, 1.807) is 12.1 Å². The van der Waals surface area contributed by atoms with E-state index in [1.807, 2.05) is 18.2 Å². The van der Waals surface area contributed by atoms with Gasteiger partial charge in [-0.25, -0.2) is 5.43 Å². The molecular weight excluding hydrogens is 306 g/mol. The summed E-state index contributed by atoms with van der Waals surface area (Å²) in [5, 5.41) is 23.4. The number of nitro groups is 1. The van der Waals surface area contributed by atoms with Crippen LogP contribution in [0.1, 0.15) is 17.2 Å². The van der Waals surface area contributed by atoms with Gasteiger partial charge in [0, 0.05) is 17.2 Å². The number of hydrogen-bond acceptors (Lipinski definition) is 5. The first kappa shape index (κ1) is 14.4. The van der Waals surface area contributed by atoms with E-state index < -0.39 is 4.92 Å². The third kappa shape index (κ3) is 2.74. The van der Waals surface area contributed by atoms with Crippen LogP contribution in [0.5, 0.6) is 5.75 Å². The molecule has 3 rings (SSSR count). The lowest BCUT2D eigenvalue weighted by Gasteiger charge is -2.14. The molecular formula is C15H11ClN3O3-. The van der Waals surface area contributed by atoms with E-state index in [1.165, 1.54) is 18.2 Å². The molecule has 0 saturated carbocycles. The largest absolute Gasteiger partial charge is 0.872 e. The zero-order valence-corrected chi connectivity index (χ0v) is 12.0. The predicted molar refractivity (Wildman–Crippen MR) is 81.0 cm³/mol. The molecule has 2 N–H and O–H groups in total. The third-order valence-electron chi connectivity index (χ3n) is 3.39. The summed E-state index contributed by atoms with van der Waals surface area (Å²) in [6, 6.07) is 10.8. The molecule has 1 aliphatic heterocycles. The number of halogens is 1. The van der Waals surface area contributed by atoms with Crippen LogP contribution >= 0.6 is 11.6 Å². The Hall–Kier alpha value is -2.57. The minimum atomic E-state index is -0.525. The van der Waals surface area contributed by atoms with Gasteiger partial charge in [0.15, 0.2) is 0 Å². The number of nitro benzene ring substituents is 1. The van der Waals surface area contributed by atoms with Gasteiger partial charge < -0.3 is 10.5 Å². The van der Waals surface area contributed by atoms with Crippen LogP contribution in [-0.4, -0.2) is 4.92 Å². The minimum Gasteiger partial charge on any atom is -0.872 e. The van der Waals surface area contributed by atoms with E-state index >= 15 is 0 Å². The Morgan fingerprint density at radius 1 is 1.14 bits per heavy atom. The van der Waals surface area contributed by atoms with Crippen LogP contribution in [0.15, 0.2) is 48.5 Å². The molecule has 22 heavy (non-hydrogen) atoms. The Balaban J connectivity index is 1.93. The summed E-state index contributed by atoms with van der Waals surface area (Å²) >= 11 is 5.85. The van der Waals surface area contributed by atoms with E-state index in [0.717, 1.165) is 5.56 Å². The van der Waals surface area contributed by atoms with Crippen LogP contribution in [-0.2, 0) is 0 Å². The maximum atomic E-state index is 11.9. The number of nitrogens with zero attached hydrogens (tertiary/aromatic N) is 1. The Morgan fingerprint density at radius 2 is 1.86 bits per heavy atom. The standard InChI is InChI=1S/C15H12ClN3O3/c16-10-3-1-9(2-4-10)13-8-14(18-17-13)12-7-11(19(21)22)5-6-15(12)20/h1-8,13,17-18,20H/p-1. The smallest absolute Gasteiger partial charge is 0.270 e. The zero-order chi connectivity index (χ0) is 15.7. The first-order chi connectivity index (χ1) is 10.5. The molecule has 2 aromatic rings. The summed E-state index contributed by atoms with van der Waals surface area (Å²) in [6.07, 6.45) is 1.81. The lowest BCUT2D eigenvalue weighted by atomic mass is 10.0. The summed E-state index contributed by atoms with van der Waals surface area (Å²) in [6.45, 7) is 0. The first-order valence-corrected chi connectivity index (χ1v) is 6.87. The minimum absolute atomic E-state index is 0.118. The van der Waals surface area contributed by atoms with Gasteiger partial charge in [0.05, 0.1) is 16.7 Å². The quantitative estimate of drug-likeness (QED) is 0.670. The van der Waals surface area contributed by atoms with Crippen molar-refractivity contribution in [3.05, 3.63) is 74.8 Å². The monoisotopic (exact) mass is 316 g/mol. The summed E-state index contributed by atoms with van der Waals surface area (Å²) in [4.78, 5) is 10.3. The maximum absolute atomic E-state index is 11.9. The van der Waals surface area contributed by atoms with E-state index in [0.29, 0.717) is 10.7 Å². The van der Waals surface area contributed by atoms with Gasteiger partial charge in [-0.15, -0.1) is 0 Å². The number of hydrazine groups is 1. The molecule has 2 aromatic carbocycles. The molecule has 7 heteroatoms. The molecule has 1 unspecified atom stereocenters. The van der Waals surface area contributed by atoms with Gasteiger partial charge >= 0.3 is 0 Å². The molecule has 1 atom stereocenters. The molecule has 0 amide bonds. The second-order valence-electron chi connectivity index (χ2n) is 4.82. The SMILES string of the molecule is O=[N+]([O-])c1ccc([O-])c(C2=CC(c3ccc(Cl)cc3)NN2)c1.